The standard InChI is InChI=1S/C14H17NO2.C4H6O/c1-4-13(16)15-14-10(3)8-17-12-6-5-9(2)7-11(12)14;1-3-4(2)5/h4-7,10,14H,1,8H2,2-3H3,(H,15,16);3H,1H2,2H3. The number of ketones is 1. The Morgan fingerprint density at radius 2 is 1.95 bits per heavy atom. The van der Waals surface area contributed by atoms with E-state index in [9.17, 15) is 9.59 Å². The van der Waals surface area contributed by atoms with Crippen molar-refractivity contribution >= 4 is 11.7 Å². The number of nitrogens with one attached hydrogen (secondary N) is 1. The van der Waals surface area contributed by atoms with Gasteiger partial charge in [0, 0.05) is 11.5 Å². The SMILES string of the molecule is C=CC(=O)NC1c2cc(C)ccc2OCC1C.C=CC(C)=O. The summed E-state index contributed by atoms with van der Waals surface area (Å²) in [6.45, 7) is 12.9. The molecule has 118 valence electrons. The molecule has 0 bridgehead atoms. The van der Waals surface area contributed by atoms with Gasteiger partial charge in [-0.2, -0.15) is 0 Å². The zero-order valence-corrected chi connectivity index (χ0v) is 13.4. The van der Waals surface area contributed by atoms with Gasteiger partial charge in [0.15, 0.2) is 5.78 Å². The number of benzene rings is 1. The first-order valence-electron chi connectivity index (χ1n) is 7.18. The summed E-state index contributed by atoms with van der Waals surface area (Å²) in [6.07, 6.45) is 2.58. The number of carbonyl (C=O) groups is 2. The highest BCUT2D eigenvalue weighted by atomic mass is 16.5. The molecular formula is C18H23NO3. The normalized spacial score (nSPS) is 18.7. The number of aryl methyl sites for hydroxylation is 1. The summed E-state index contributed by atoms with van der Waals surface area (Å²) in [5.41, 5.74) is 2.22. The van der Waals surface area contributed by atoms with Crippen molar-refractivity contribution in [3.63, 3.8) is 0 Å². The lowest BCUT2D eigenvalue weighted by molar-refractivity contribution is -0.117. The van der Waals surface area contributed by atoms with E-state index in [1.54, 1.807) is 0 Å². The van der Waals surface area contributed by atoms with E-state index in [0.717, 1.165) is 11.3 Å². The average Bonchev–Trinajstić information content (AvgIpc) is 2.50. The van der Waals surface area contributed by atoms with Gasteiger partial charge in [0.05, 0.1) is 12.6 Å². The molecule has 1 aromatic rings. The zero-order valence-electron chi connectivity index (χ0n) is 13.4. The molecule has 2 atom stereocenters. The van der Waals surface area contributed by atoms with E-state index in [2.05, 4.69) is 31.5 Å². The number of allylic oxidation sites excluding steroid dienone is 1. The van der Waals surface area contributed by atoms with Crippen molar-refractivity contribution in [1.82, 2.24) is 5.32 Å². The van der Waals surface area contributed by atoms with E-state index in [1.165, 1.54) is 24.6 Å². The molecule has 1 aliphatic rings. The van der Waals surface area contributed by atoms with Crippen LogP contribution in [0.15, 0.2) is 43.5 Å². The van der Waals surface area contributed by atoms with Crippen LogP contribution in [0.1, 0.15) is 31.0 Å². The predicted octanol–water partition coefficient (Wildman–Crippen LogP) is 3.13. The van der Waals surface area contributed by atoms with E-state index in [1.807, 2.05) is 19.1 Å². The van der Waals surface area contributed by atoms with Crippen LogP contribution in [-0.2, 0) is 9.59 Å². The second-order valence-corrected chi connectivity index (χ2v) is 5.33. The third kappa shape index (κ3) is 4.88. The maximum Gasteiger partial charge on any atom is 0.243 e. The molecule has 0 aromatic heterocycles. The first-order chi connectivity index (χ1) is 10.4. The van der Waals surface area contributed by atoms with Crippen molar-refractivity contribution in [2.45, 2.75) is 26.8 Å². The molecule has 0 fully saturated rings. The van der Waals surface area contributed by atoms with Crippen molar-refractivity contribution in [1.29, 1.82) is 0 Å². The first kappa shape index (κ1) is 17.7. The summed E-state index contributed by atoms with van der Waals surface area (Å²) in [6, 6.07) is 6.05. The lowest BCUT2D eigenvalue weighted by Crippen LogP contribution is -2.36. The Kier molecular flexibility index (Phi) is 6.57. The zero-order chi connectivity index (χ0) is 16.7. The van der Waals surface area contributed by atoms with Crippen LogP contribution in [0.3, 0.4) is 0 Å². The van der Waals surface area contributed by atoms with Crippen LogP contribution < -0.4 is 10.1 Å². The van der Waals surface area contributed by atoms with Crippen molar-refractivity contribution in [3.8, 4) is 5.75 Å². The number of carbonyl (C=O) groups excluding carboxylic acids is 2. The van der Waals surface area contributed by atoms with Crippen molar-refractivity contribution in [2.24, 2.45) is 5.92 Å². The lowest BCUT2D eigenvalue weighted by atomic mass is 9.91. The van der Waals surface area contributed by atoms with Gasteiger partial charge in [0.2, 0.25) is 5.91 Å². The third-order valence-corrected chi connectivity index (χ3v) is 3.34. The summed E-state index contributed by atoms with van der Waals surface area (Å²) in [5, 5.41) is 2.96. The van der Waals surface area contributed by atoms with E-state index >= 15 is 0 Å². The Morgan fingerprint density at radius 3 is 2.50 bits per heavy atom. The quantitative estimate of drug-likeness (QED) is 0.873. The highest BCUT2D eigenvalue weighted by Gasteiger charge is 2.28. The van der Waals surface area contributed by atoms with E-state index in [4.69, 9.17) is 4.74 Å². The molecular weight excluding hydrogens is 278 g/mol. The van der Waals surface area contributed by atoms with Gasteiger partial charge in [0.1, 0.15) is 5.75 Å². The fraction of sp³-hybridized carbons (Fsp3) is 0.333. The second kappa shape index (κ2) is 8.17. The van der Waals surface area contributed by atoms with Crippen LogP contribution in [0, 0.1) is 12.8 Å². The Morgan fingerprint density at radius 1 is 1.32 bits per heavy atom. The molecule has 2 rings (SSSR count). The minimum absolute atomic E-state index is 0.00384. The van der Waals surface area contributed by atoms with E-state index in [-0.39, 0.29) is 23.7 Å². The van der Waals surface area contributed by atoms with Crippen molar-refractivity contribution in [3.05, 3.63) is 54.6 Å². The molecule has 1 aromatic carbocycles. The van der Waals surface area contributed by atoms with Crippen molar-refractivity contribution < 1.29 is 14.3 Å². The molecule has 22 heavy (non-hydrogen) atoms. The maximum absolute atomic E-state index is 11.5. The molecule has 1 N–H and O–H groups in total. The molecule has 0 saturated heterocycles. The summed E-state index contributed by atoms with van der Waals surface area (Å²) < 4.78 is 5.66. The van der Waals surface area contributed by atoms with Crippen LogP contribution in [0.2, 0.25) is 0 Å². The lowest BCUT2D eigenvalue weighted by Gasteiger charge is -2.32. The molecule has 0 radical (unpaired) electrons. The summed E-state index contributed by atoms with van der Waals surface area (Å²) in [5.74, 6) is 0.998. The smallest absolute Gasteiger partial charge is 0.243 e. The van der Waals surface area contributed by atoms with Crippen LogP contribution in [0.5, 0.6) is 5.75 Å². The molecule has 1 amide bonds. The summed E-state index contributed by atoms with van der Waals surface area (Å²) in [4.78, 5) is 21.1. The first-order valence-corrected chi connectivity index (χ1v) is 7.18. The predicted molar refractivity (Wildman–Crippen MR) is 87.8 cm³/mol. The van der Waals surface area contributed by atoms with Gasteiger partial charge in [-0.3, -0.25) is 9.59 Å². The van der Waals surface area contributed by atoms with Crippen LogP contribution in [0.25, 0.3) is 0 Å². The van der Waals surface area contributed by atoms with Gasteiger partial charge in [-0.1, -0.05) is 37.8 Å². The van der Waals surface area contributed by atoms with E-state index in [0.29, 0.717) is 6.61 Å². The van der Waals surface area contributed by atoms with Crippen LogP contribution in [0.4, 0.5) is 0 Å². The Hall–Kier alpha value is -2.36. The highest BCUT2D eigenvalue weighted by Crippen LogP contribution is 2.35. The monoisotopic (exact) mass is 301 g/mol. The topological polar surface area (TPSA) is 55.4 Å². The van der Waals surface area contributed by atoms with Gasteiger partial charge < -0.3 is 10.1 Å². The van der Waals surface area contributed by atoms with Crippen LogP contribution >= 0.6 is 0 Å². The average molecular weight is 301 g/mol. The highest BCUT2D eigenvalue weighted by molar-refractivity contribution is 5.87. The van der Waals surface area contributed by atoms with E-state index < -0.39 is 0 Å². The van der Waals surface area contributed by atoms with Gasteiger partial charge in [-0.15, -0.1) is 0 Å². The maximum atomic E-state index is 11.5. The van der Waals surface area contributed by atoms with Gasteiger partial charge >= 0.3 is 0 Å². The number of hydrogen-bond donors (Lipinski definition) is 1. The number of rotatable bonds is 3. The second-order valence-electron chi connectivity index (χ2n) is 5.33. The molecule has 0 aliphatic carbocycles. The molecule has 1 heterocycles. The fourth-order valence-corrected chi connectivity index (χ4v) is 2.10. The molecule has 4 nitrogen and oxygen atoms in total. The molecule has 0 spiro atoms. The van der Waals surface area contributed by atoms with Gasteiger partial charge in [-0.25, -0.2) is 0 Å². The fourth-order valence-electron chi connectivity index (χ4n) is 2.10. The van der Waals surface area contributed by atoms with Crippen molar-refractivity contribution in [2.75, 3.05) is 6.61 Å². The minimum Gasteiger partial charge on any atom is -0.493 e. The minimum atomic E-state index is -0.142. The molecule has 2 unspecified atom stereocenters. The summed E-state index contributed by atoms with van der Waals surface area (Å²) in [7, 11) is 0. The molecule has 1 aliphatic heterocycles. The Labute approximate surface area is 131 Å². The Bertz CT molecular complexity index is 578. The van der Waals surface area contributed by atoms with Gasteiger partial charge in [-0.05, 0) is 32.1 Å². The van der Waals surface area contributed by atoms with Gasteiger partial charge in [0.25, 0.3) is 0 Å². The number of amides is 1. The number of fused-ring (bicyclic) bond motifs is 1. The third-order valence-electron chi connectivity index (χ3n) is 3.34. The Balaban J connectivity index is 0.000000422. The number of hydrogen-bond acceptors (Lipinski definition) is 3. The van der Waals surface area contributed by atoms with Crippen LogP contribution in [-0.4, -0.2) is 18.3 Å². The molecule has 4 heteroatoms. The number of ether oxygens (including phenoxy) is 1. The largest absolute Gasteiger partial charge is 0.493 e. The molecule has 0 saturated carbocycles. The summed E-state index contributed by atoms with van der Waals surface area (Å²) >= 11 is 0.